The highest BCUT2D eigenvalue weighted by atomic mass is 19.1. The van der Waals surface area contributed by atoms with Gasteiger partial charge in [0.15, 0.2) is 0 Å². The number of ether oxygens (including phenoxy) is 1. The Bertz CT molecular complexity index is 574. The molecule has 0 aliphatic carbocycles. The molecule has 0 heterocycles. The maximum Gasteiger partial charge on any atom is 0.128 e. The summed E-state index contributed by atoms with van der Waals surface area (Å²) in [7, 11) is 0. The van der Waals surface area contributed by atoms with Gasteiger partial charge in [0, 0.05) is 12.2 Å². The second kappa shape index (κ2) is 7.31. The quantitative estimate of drug-likeness (QED) is 0.632. The molecule has 2 atom stereocenters. The van der Waals surface area contributed by atoms with Crippen molar-refractivity contribution < 1.29 is 9.13 Å². The molecule has 3 nitrogen and oxygen atoms in total. The van der Waals surface area contributed by atoms with E-state index < -0.39 is 6.04 Å². The number of hydrogen-bond acceptors (Lipinski definition) is 3. The van der Waals surface area contributed by atoms with Crippen LogP contribution in [-0.4, -0.2) is 6.61 Å². The van der Waals surface area contributed by atoms with Gasteiger partial charge >= 0.3 is 0 Å². The Balaban J connectivity index is 2.43. The van der Waals surface area contributed by atoms with E-state index in [0.29, 0.717) is 12.2 Å². The van der Waals surface area contributed by atoms with Crippen molar-refractivity contribution in [1.82, 2.24) is 5.43 Å². The lowest BCUT2D eigenvalue weighted by atomic mass is 9.94. The third-order valence-corrected chi connectivity index (χ3v) is 3.44. The lowest BCUT2D eigenvalue weighted by Gasteiger charge is -2.27. The Morgan fingerprint density at radius 1 is 1.19 bits per heavy atom. The summed E-state index contributed by atoms with van der Waals surface area (Å²) in [5, 5.41) is 0. The summed E-state index contributed by atoms with van der Waals surface area (Å²) >= 11 is 0. The first-order chi connectivity index (χ1) is 10.2. The number of hydrogen-bond donors (Lipinski definition) is 2. The molecule has 4 heteroatoms. The summed E-state index contributed by atoms with van der Waals surface area (Å²) < 4.78 is 20.0. The minimum Gasteiger partial charge on any atom is -0.372 e. The maximum atomic E-state index is 14.2. The van der Waals surface area contributed by atoms with Crippen LogP contribution in [0.25, 0.3) is 0 Å². The summed E-state index contributed by atoms with van der Waals surface area (Å²) in [6, 6.07) is 14.3. The first-order valence-electron chi connectivity index (χ1n) is 7.06. The van der Waals surface area contributed by atoms with Gasteiger partial charge in [-0.25, -0.2) is 9.82 Å². The van der Waals surface area contributed by atoms with Crippen LogP contribution in [0.4, 0.5) is 4.39 Å². The van der Waals surface area contributed by atoms with E-state index in [9.17, 15) is 4.39 Å². The second-order valence-electron chi connectivity index (χ2n) is 4.96. The minimum absolute atomic E-state index is 0.288. The molecule has 3 N–H and O–H groups in total. The van der Waals surface area contributed by atoms with E-state index in [4.69, 9.17) is 10.6 Å². The van der Waals surface area contributed by atoms with Crippen LogP contribution in [0, 0.1) is 12.7 Å². The Morgan fingerprint density at radius 3 is 2.52 bits per heavy atom. The number of hydrazine groups is 1. The van der Waals surface area contributed by atoms with E-state index in [1.54, 1.807) is 12.1 Å². The Hall–Kier alpha value is -1.75. The van der Waals surface area contributed by atoms with E-state index in [1.165, 1.54) is 6.07 Å². The van der Waals surface area contributed by atoms with Gasteiger partial charge in [-0.2, -0.15) is 0 Å². The van der Waals surface area contributed by atoms with Gasteiger partial charge in [0.05, 0.1) is 6.04 Å². The number of rotatable bonds is 6. The molecule has 0 fully saturated rings. The number of benzene rings is 2. The fourth-order valence-electron chi connectivity index (χ4n) is 2.45. The minimum atomic E-state index is -0.452. The van der Waals surface area contributed by atoms with Gasteiger partial charge in [-0.3, -0.25) is 5.84 Å². The molecular weight excluding hydrogens is 267 g/mol. The van der Waals surface area contributed by atoms with Crippen molar-refractivity contribution in [2.75, 3.05) is 6.61 Å². The SMILES string of the molecule is CCOC(c1ccccc1)C(NN)c1cc(C)ccc1F. The molecule has 0 aliphatic heterocycles. The highest BCUT2D eigenvalue weighted by Crippen LogP contribution is 2.33. The zero-order valence-corrected chi connectivity index (χ0v) is 12.3. The maximum absolute atomic E-state index is 14.2. The molecule has 0 radical (unpaired) electrons. The summed E-state index contributed by atoms with van der Waals surface area (Å²) in [6.07, 6.45) is -0.350. The highest BCUT2D eigenvalue weighted by molar-refractivity contribution is 5.30. The molecule has 2 aromatic rings. The third-order valence-electron chi connectivity index (χ3n) is 3.44. The van der Waals surface area contributed by atoms with Crippen LogP contribution in [-0.2, 0) is 4.74 Å². The average molecular weight is 288 g/mol. The lowest BCUT2D eigenvalue weighted by Crippen LogP contribution is -2.34. The van der Waals surface area contributed by atoms with Crippen LogP contribution >= 0.6 is 0 Å². The molecule has 0 aliphatic rings. The molecule has 21 heavy (non-hydrogen) atoms. The number of halogens is 1. The van der Waals surface area contributed by atoms with Crippen LogP contribution in [0.2, 0.25) is 0 Å². The Kier molecular flexibility index (Phi) is 5.44. The van der Waals surface area contributed by atoms with Crippen molar-refractivity contribution in [2.24, 2.45) is 5.84 Å². The molecule has 0 saturated carbocycles. The summed E-state index contributed by atoms with van der Waals surface area (Å²) in [4.78, 5) is 0. The first-order valence-corrected chi connectivity index (χ1v) is 7.06. The van der Waals surface area contributed by atoms with Crippen molar-refractivity contribution in [3.63, 3.8) is 0 Å². The molecule has 0 spiro atoms. The highest BCUT2D eigenvalue weighted by Gasteiger charge is 2.26. The predicted molar refractivity (Wildman–Crippen MR) is 82.0 cm³/mol. The lowest BCUT2D eigenvalue weighted by molar-refractivity contribution is 0.0317. The van der Waals surface area contributed by atoms with E-state index in [2.05, 4.69) is 5.43 Å². The van der Waals surface area contributed by atoms with E-state index in [0.717, 1.165) is 11.1 Å². The molecule has 2 unspecified atom stereocenters. The Morgan fingerprint density at radius 2 is 1.90 bits per heavy atom. The van der Waals surface area contributed by atoms with Crippen molar-refractivity contribution in [3.05, 3.63) is 71.0 Å². The van der Waals surface area contributed by atoms with Crippen LogP contribution in [0.1, 0.15) is 35.8 Å². The van der Waals surface area contributed by atoms with E-state index >= 15 is 0 Å². The number of nitrogens with one attached hydrogen (secondary N) is 1. The van der Waals surface area contributed by atoms with Gasteiger partial charge in [0.2, 0.25) is 0 Å². The van der Waals surface area contributed by atoms with Crippen LogP contribution in [0.5, 0.6) is 0 Å². The van der Waals surface area contributed by atoms with Crippen molar-refractivity contribution in [1.29, 1.82) is 0 Å². The topological polar surface area (TPSA) is 47.3 Å². The molecular formula is C17H21FN2O. The molecule has 0 bridgehead atoms. The predicted octanol–water partition coefficient (Wildman–Crippen LogP) is 3.42. The molecule has 112 valence electrons. The van der Waals surface area contributed by atoms with Crippen LogP contribution in [0.15, 0.2) is 48.5 Å². The van der Waals surface area contributed by atoms with E-state index in [-0.39, 0.29) is 11.9 Å². The summed E-state index contributed by atoms with van der Waals surface area (Å²) in [5.41, 5.74) is 5.16. The van der Waals surface area contributed by atoms with Crippen LogP contribution in [0.3, 0.4) is 0 Å². The van der Waals surface area contributed by atoms with Crippen molar-refractivity contribution >= 4 is 0 Å². The summed E-state index contributed by atoms with van der Waals surface area (Å²) in [5.74, 6) is 5.41. The molecule has 2 rings (SSSR count). The van der Waals surface area contributed by atoms with Gasteiger partial charge in [-0.1, -0.05) is 48.0 Å². The van der Waals surface area contributed by atoms with Gasteiger partial charge in [-0.15, -0.1) is 0 Å². The molecule has 0 aromatic heterocycles. The van der Waals surface area contributed by atoms with Crippen molar-refractivity contribution in [3.8, 4) is 0 Å². The van der Waals surface area contributed by atoms with Crippen molar-refractivity contribution in [2.45, 2.75) is 26.0 Å². The average Bonchev–Trinajstić information content (AvgIpc) is 2.51. The number of nitrogens with two attached hydrogens (primary N) is 1. The second-order valence-corrected chi connectivity index (χ2v) is 4.96. The Labute approximate surface area is 124 Å². The molecule has 2 aromatic carbocycles. The normalized spacial score (nSPS) is 13.9. The smallest absolute Gasteiger partial charge is 0.128 e. The zero-order valence-electron chi connectivity index (χ0n) is 12.3. The fourth-order valence-corrected chi connectivity index (χ4v) is 2.45. The zero-order chi connectivity index (χ0) is 15.2. The molecule has 0 amide bonds. The van der Waals surface area contributed by atoms with Gasteiger partial charge in [0.1, 0.15) is 11.9 Å². The van der Waals surface area contributed by atoms with Gasteiger partial charge in [-0.05, 0) is 25.5 Å². The third kappa shape index (κ3) is 3.67. The fraction of sp³-hybridized carbons (Fsp3) is 0.294. The number of aryl methyl sites for hydroxylation is 1. The van der Waals surface area contributed by atoms with E-state index in [1.807, 2.05) is 44.2 Å². The standard InChI is InChI=1S/C17H21FN2O/c1-3-21-17(13-7-5-4-6-8-13)16(20-19)14-11-12(2)9-10-15(14)18/h4-11,16-17,20H,3,19H2,1-2H3. The van der Waals surface area contributed by atoms with Gasteiger partial charge in [0.25, 0.3) is 0 Å². The summed E-state index contributed by atoms with van der Waals surface area (Å²) in [6.45, 7) is 4.36. The largest absolute Gasteiger partial charge is 0.372 e. The van der Waals surface area contributed by atoms with Crippen LogP contribution < -0.4 is 11.3 Å². The first kappa shape index (κ1) is 15.6. The van der Waals surface area contributed by atoms with Gasteiger partial charge < -0.3 is 4.74 Å². The molecule has 0 saturated heterocycles. The monoisotopic (exact) mass is 288 g/mol.